The number of thioether (sulfide) groups is 1. The molecule has 0 aliphatic heterocycles. The fourth-order valence-electron chi connectivity index (χ4n) is 3.27. The van der Waals surface area contributed by atoms with E-state index in [2.05, 4.69) is 33.6 Å². The molecule has 7 N–H and O–H groups in total. The van der Waals surface area contributed by atoms with E-state index in [9.17, 15) is 24.3 Å². The number of aliphatic carboxylic acids is 1. The number of hydrogen-bond acceptors (Lipinski definition) is 7. The smallest absolute Gasteiger partial charge is 0.326 e. The number of benzene rings is 1. The number of carboxylic acids is 1. The molecule has 0 bridgehead atoms. The molecule has 2 rings (SSSR count). The van der Waals surface area contributed by atoms with Crippen molar-refractivity contribution in [1.82, 2.24) is 20.9 Å². The fourth-order valence-corrected chi connectivity index (χ4v) is 4.00. The summed E-state index contributed by atoms with van der Waals surface area (Å²) < 4.78 is 0. The first-order chi connectivity index (χ1) is 16.2. The SMILES string of the molecule is CSCCC(NC(=O)C(CS)NC(=O)C(C)NC(=O)C(N)Cc1c[nH]c2ccccc12)C(=O)O. The molecule has 3 amide bonds. The quantitative estimate of drug-likeness (QED) is 0.190. The van der Waals surface area contributed by atoms with Crippen molar-refractivity contribution in [1.29, 1.82) is 0 Å². The van der Waals surface area contributed by atoms with Gasteiger partial charge in [-0.05, 0) is 43.4 Å². The summed E-state index contributed by atoms with van der Waals surface area (Å²) in [4.78, 5) is 52.1. The summed E-state index contributed by atoms with van der Waals surface area (Å²) in [5, 5.41) is 17.7. The maximum Gasteiger partial charge on any atom is 0.326 e. The van der Waals surface area contributed by atoms with E-state index < -0.39 is 47.9 Å². The predicted octanol–water partition coefficient (Wildman–Crippen LogP) is 0.280. The van der Waals surface area contributed by atoms with E-state index in [1.54, 1.807) is 6.20 Å². The van der Waals surface area contributed by atoms with Crippen molar-refractivity contribution < 1.29 is 24.3 Å². The van der Waals surface area contributed by atoms with E-state index >= 15 is 0 Å². The molecule has 4 unspecified atom stereocenters. The second kappa shape index (κ2) is 13.3. The van der Waals surface area contributed by atoms with Crippen LogP contribution in [0.15, 0.2) is 30.5 Å². The van der Waals surface area contributed by atoms with Gasteiger partial charge in [0.15, 0.2) is 0 Å². The number of hydrogen-bond donors (Lipinski definition) is 7. The summed E-state index contributed by atoms with van der Waals surface area (Å²) in [5.41, 5.74) is 7.88. The van der Waals surface area contributed by atoms with Gasteiger partial charge in [-0.3, -0.25) is 14.4 Å². The Morgan fingerprint density at radius 3 is 2.41 bits per heavy atom. The minimum atomic E-state index is -1.16. The second-order valence-corrected chi connectivity index (χ2v) is 9.18. The van der Waals surface area contributed by atoms with Gasteiger partial charge in [0.05, 0.1) is 6.04 Å². The van der Waals surface area contributed by atoms with E-state index in [-0.39, 0.29) is 18.6 Å². The van der Waals surface area contributed by atoms with Crippen molar-refractivity contribution in [3.8, 4) is 0 Å². The number of H-pyrrole nitrogens is 1. The molecule has 0 aliphatic rings. The molecular weight excluding hydrogens is 478 g/mol. The second-order valence-electron chi connectivity index (χ2n) is 7.83. The molecule has 12 heteroatoms. The van der Waals surface area contributed by atoms with Crippen LogP contribution in [0.25, 0.3) is 10.9 Å². The number of aromatic nitrogens is 1. The van der Waals surface area contributed by atoms with Gasteiger partial charge in [-0.15, -0.1) is 0 Å². The molecule has 186 valence electrons. The minimum Gasteiger partial charge on any atom is -0.480 e. The lowest BCUT2D eigenvalue weighted by Gasteiger charge is -2.22. The summed E-state index contributed by atoms with van der Waals surface area (Å²) in [7, 11) is 0. The Morgan fingerprint density at radius 2 is 1.76 bits per heavy atom. The third kappa shape index (κ3) is 7.67. The molecule has 1 aromatic carbocycles. The summed E-state index contributed by atoms with van der Waals surface area (Å²) in [6, 6.07) is 3.67. The number of carboxylic acid groups (broad SMARTS) is 1. The van der Waals surface area contributed by atoms with Gasteiger partial charge in [-0.1, -0.05) is 18.2 Å². The van der Waals surface area contributed by atoms with Crippen LogP contribution in [-0.2, 0) is 25.6 Å². The van der Waals surface area contributed by atoms with Gasteiger partial charge in [0.25, 0.3) is 0 Å². The first kappa shape index (κ1) is 27.5. The van der Waals surface area contributed by atoms with Crippen LogP contribution in [0.4, 0.5) is 0 Å². The molecule has 0 saturated carbocycles. The monoisotopic (exact) mass is 509 g/mol. The van der Waals surface area contributed by atoms with Gasteiger partial charge >= 0.3 is 5.97 Å². The average Bonchev–Trinajstić information content (AvgIpc) is 3.22. The summed E-state index contributed by atoms with van der Waals surface area (Å²) in [6.07, 6.45) is 4.15. The van der Waals surface area contributed by atoms with Crippen LogP contribution >= 0.6 is 24.4 Å². The number of aromatic amines is 1. The highest BCUT2D eigenvalue weighted by atomic mass is 32.2. The number of rotatable bonds is 13. The molecular formula is C22H31N5O5S2. The van der Waals surface area contributed by atoms with Crippen LogP contribution in [0.3, 0.4) is 0 Å². The number of thiol groups is 1. The Hall–Kier alpha value is -2.70. The van der Waals surface area contributed by atoms with Crippen LogP contribution in [0.2, 0.25) is 0 Å². The lowest BCUT2D eigenvalue weighted by atomic mass is 10.0. The summed E-state index contributed by atoms with van der Waals surface area (Å²) >= 11 is 5.55. The lowest BCUT2D eigenvalue weighted by Crippen LogP contribution is -2.57. The highest BCUT2D eigenvalue weighted by molar-refractivity contribution is 7.98. The van der Waals surface area contributed by atoms with Crippen LogP contribution < -0.4 is 21.7 Å². The third-order valence-electron chi connectivity index (χ3n) is 5.24. The van der Waals surface area contributed by atoms with Crippen molar-refractivity contribution in [2.75, 3.05) is 17.8 Å². The summed E-state index contributed by atoms with van der Waals surface area (Å²) in [6.45, 7) is 1.47. The molecule has 1 heterocycles. The highest BCUT2D eigenvalue weighted by Gasteiger charge is 2.28. The lowest BCUT2D eigenvalue weighted by molar-refractivity contribution is -0.142. The molecule has 1 aromatic heterocycles. The molecule has 2 aromatic rings. The zero-order valence-electron chi connectivity index (χ0n) is 19.0. The van der Waals surface area contributed by atoms with Crippen LogP contribution in [-0.4, -0.2) is 75.7 Å². The molecule has 0 radical (unpaired) electrons. The van der Waals surface area contributed by atoms with E-state index in [0.29, 0.717) is 5.75 Å². The van der Waals surface area contributed by atoms with Crippen LogP contribution in [0.1, 0.15) is 18.9 Å². The van der Waals surface area contributed by atoms with Crippen LogP contribution in [0.5, 0.6) is 0 Å². The standard InChI is InChI=1S/C22H31N5O5S2/c1-12(19(28)27-18(11-33)21(30)26-17(22(31)32)7-8-34-2)25-20(29)15(23)9-13-10-24-16-6-4-3-5-14(13)16/h3-6,10,12,15,17-18,24,33H,7-9,11,23H2,1-2H3,(H,25,29)(H,26,30)(H,27,28)(H,31,32). The molecule has 0 aliphatic carbocycles. The van der Waals surface area contributed by atoms with Crippen molar-refractivity contribution in [3.05, 3.63) is 36.0 Å². The number of nitrogens with two attached hydrogens (primary N) is 1. The number of carbonyl (C=O) groups is 4. The van der Waals surface area contributed by atoms with Crippen molar-refractivity contribution in [2.24, 2.45) is 5.73 Å². The van der Waals surface area contributed by atoms with Crippen molar-refractivity contribution in [3.63, 3.8) is 0 Å². The zero-order valence-corrected chi connectivity index (χ0v) is 20.7. The Bertz CT molecular complexity index is 1010. The first-order valence-electron chi connectivity index (χ1n) is 10.7. The van der Waals surface area contributed by atoms with E-state index in [4.69, 9.17) is 5.73 Å². The Kier molecular flexibility index (Phi) is 10.7. The number of carbonyl (C=O) groups excluding carboxylic acids is 3. The van der Waals surface area contributed by atoms with E-state index in [1.807, 2.05) is 30.5 Å². The Balaban J connectivity index is 1.90. The summed E-state index contributed by atoms with van der Waals surface area (Å²) in [5.74, 6) is -2.44. The van der Waals surface area contributed by atoms with Gasteiger partial charge in [0.2, 0.25) is 17.7 Å². The number of para-hydroxylation sites is 1. The fraction of sp³-hybridized carbons (Fsp3) is 0.455. The maximum absolute atomic E-state index is 12.6. The van der Waals surface area contributed by atoms with E-state index in [0.717, 1.165) is 16.5 Å². The molecule has 34 heavy (non-hydrogen) atoms. The third-order valence-corrected chi connectivity index (χ3v) is 6.25. The van der Waals surface area contributed by atoms with Gasteiger partial charge in [0, 0.05) is 22.9 Å². The average molecular weight is 510 g/mol. The molecule has 10 nitrogen and oxygen atoms in total. The normalized spacial score (nSPS) is 14.6. The zero-order chi connectivity index (χ0) is 25.3. The minimum absolute atomic E-state index is 0.0484. The van der Waals surface area contributed by atoms with Crippen molar-refractivity contribution in [2.45, 2.75) is 43.9 Å². The van der Waals surface area contributed by atoms with E-state index in [1.165, 1.54) is 18.7 Å². The van der Waals surface area contributed by atoms with Crippen molar-refractivity contribution >= 4 is 59.0 Å². The molecule has 0 spiro atoms. The van der Waals surface area contributed by atoms with Gasteiger partial charge < -0.3 is 31.8 Å². The number of amides is 3. The highest BCUT2D eigenvalue weighted by Crippen LogP contribution is 2.18. The Morgan fingerprint density at radius 1 is 1.09 bits per heavy atom. The van der Waals surface area contributed by atoms with Gasteiger partial charge in [-0.25, -0.2) is 4.79 Å². The van der Waals surface area contributed by atoms with Crippen LogP contribution in [0, 0.1) is 0 Å². The largest absolute Gasteiger partial charge is 0.480 e. The maximum atomic E-state index is 12.6. The number of fused-ring (bicyclic) bond motifs is 1. The van der Waals surface area contributed by atoms with Gasteiger partial charge in [0.1, 0.15) is 18.1 Å². The topological polar surface area (TPSA) is 166 Å². The van der Waals surface area contributed by atoms with Gasteiger partial charge in [-0.2, -0.15) is 24.4 Å². The molecule has 0 saturated heterocycles. The number of nitrogens with one attached hydrogen (secondary N) is 4. The predicted molar refractivity (Wildman–Crippen MR) is 136 cm³/mol. The molecule has 0 fully saturated rings. The Labute approximate surface area is 207 Å². The first-order valence-corrected chi connectivity index (χ1v) is 12.7. The molecule has 4 atom stereocenters.